The van der Waals surface area contributed by atoms with Gasteiger partial charge in [0.15, 0.2) is 0 Å². The Morgan fingerprint density at radius 3 is 1.10 bits per heavy atom. The first kappa shape index (κ1) is 19.6. The van der Waals surface area contributed by atoms with E-state index in [2.05, 4.69) is 72.8 Å². The van der Waals surface area contributed by atoms with Gasteiger partial charge in [-0.15, -0.1) is 0 Å². The zero-order valence-electron chi connectivity index (χ0n) is 16.5. The maximum Gasteiger partial charge on any atom is 0.303 e. The van der Waals surface area contributed by atoms with Gasteiger partial charge in [-0.25, -0.2) is 0 Å². The van der Waals surface area contributed by atoms with E-state index in [1.165, 1.54) is 43.1 Å². The number of carboxylic acid groups (broad SMARTS) is 2. The molecule has 0 amide bonds. The second-order valence-electron chi connectivity index (χ2n) is 7.41. The third kappa shape index (κ3) is 3.77. The first-order valence-corrected chi connectivity index (χ1v) is 10.0. The van der Waals surface area contributed by atoms with Crippen molar-refractivity contribution in [1.82, 2.24) is 0 Å². The maximum absolute atomic E-state index is 9.90. The van der Waals surface area contributed by atoms with Crippen LogP contribution in [0.25, 0.3) is 43.1 Å². The monoisotopic (exact) mass is 398 g/mol. The van der Waals surface area contributed by atoms with Gasteiger partial charge in [0.1, 0.15) is 0 Å². The molecule has 0 aliphatic rings. The Hall–Kier alpha value is -3.66. The molecule has 0 atom stereocenters. The molecule has 0 radical (unpaired) electrons. The van der Waals surface area contributed by atoms with Crippen molar-refractivity contribution in [3.05, 3.63) is 72.8 Å². The molecule has 4 nitrogen and oxygen atoms in total. The average Bonchev–Trinajstić information content (AvgIpc) is 2.75. The second kappa shape index (κ2) is 8.37. The number of carbonyl (C=O) groups is 2. The predicted molar refractivity (Wildman–Crippen MR) is 121 cm³/mol. The van der Waals surface area contributed by atoms with Crippen LogP contribution in [0.2, 0.25) is 0 Å². The van der Waals surface area contributed by atoms with Gasteiger partial charge in [0.2, 0.25) is 0 Å². The molecule has 0 spiro atoms. The van der Waals surface area contributed by atoms with Crippen LogP contribution in [-0.2, 0) is 9.59 Å². The lowest BCUT2D eigenvalue weighted by molar-refractivity contribution is -0.139. The summed E-state index contributed by atoms with van der Waals surface area (Å²) in [6.45, 7) is 0. The van der Waals surface area contributed by atoms with Gasteiger partial charge in [-0.05, 0) is 55.9 Å². The van der Waals surface area contributed by atoms with E-state index in [1.54, 1.807) is 0 Å². The number of carboxylic acids is 2. The summed E-state index contributed by atoms with van der Waals surface area (Å²) < 4.78 is 0. The van der Waals surface area contributed by atoms with Crippen molar-refractivity contribution in [3.8, 4) is 0 Å². The summed E-state index contributed by atoms with van der Waals surface area (Å²) in [7, 11) is 0. The van der Waals surface area contributed by atoms with Crippen molar-refractivity contribution in [2.45, 2.75) is 25.7 Å². The summed E-state index contributed by atoms with van der Waals surface area (Å²) in [5, 5.41) is 27.1. The van der Waals surface area contributed by atoms with E-state index in [1.807, 2.05) is 0 Å². The highest BCUT2D eigenvalue weighted by atomic mass is 16.4. The second-order valence-corrected chi connectivity index (χ2v) is 7.41. The molecule has 5 aromatic carbocycles. The maximum atomic E-state index is 9.90. The van der Waals surface area contributed by atoms with Gasteiger partial charge in [-0.2, -0.15) is 0 Å². The predicted octanol–water partition coefficient (Wildman–Crippen LogP) is 6.45. The number of hydrogen-bond acceptors (Lipinski definition) is 2. The summed E-state index contributed by atoms with van der Waals surface area (Å²) in [6.07, 6.45) is 1.02. The van der Waals surface area contributed by atoms with Gasteiger partial charge < -0.3 is 10.2 Å². The molecule has 0 fully saturated rings. The molecule has 4 heteroatoms. The molecule has 150 valence electrons. The van der Waals surface area contributed by atoms with E-state index in [0.717, 1.165) is 0 Å². The summed E-state index contributed by atoms with van der Waals surface area (Å²) in [5.41, 5.74) is 0. The van der Waals surface area contributed by atoms with Crippen molar-refractivity contribution in [2.75, 3.05) is 0 Å². The number of aliphatic carboxylic acids is 2. The van der Waals surface area contributed by atoms with E-state index in [-0.39, 0.29) is 12.8 Å². The number of benzene rings is 5. The average molecular weight is 398 g/mol. The molecular weight excluding hydrogens is 376 g/mol. The highest BCUT2D eigenvalue weighted by Crippen LogP contribution is 2.39. The Balaban J connectivity index is 0.000000188. The largest absolute Gasteiger partial charge is 0.481 e. The fourth-order valence-corrected chi connectivity index (χ4v) is 4.13. The smallest absolute Gasteiger partial charge is 0.303 e. The molecule has 5 aromatic rings. The van der Waals surface area contributed by atoms with Crippen LogP contribution in [-0.4, -0.2) is 22.2 Å². The van der Waals surface area contributed by atoms with Crippen LogP contribution in [0, 0.1) is 0 Å². The van der Waals surface area contributed by atoms with Crippen LogP contribution in [0.5, 0.6) is 0 Å². The van der Waals surface area contributed by atoms with Gasteiger partial charge in [0.05, 0.1) is 0 Å². The lowest BCUT2D eigenvalue weighted by atomic mass is 9.90. The lowest BCUT2D eigenvalue weighted by Crippen LogP contribution is -1.97. The molecule has 0 heterocycles. The number of unbranched alkanes of at least 4 members (excludes halogenated alkanes) is 1. The third-order valence-corrected chi connectivity index (χ3v) is 5.42. The Kier molecular flexibility index (Phi) is 5.48. The highest BCUT2D eigenvalue weighted by molar-refractivity contribution is 6.32. The van der Waals surface area contributed by atoms with Crippen LogP contribution in [0.15, 0.2) is 72.8 Å². The number of hydrogen-bond donors (Lipinski definition) is 2. The summed E-state index contributed by atoms with van der Waals surface area (Å²) >= 11 is 0. The van der Waals surface area contributed by atoms with E-state index in [0.29, 0.717) is 12.8 Å². The minimum absolute atomic E-state index is 0.0628. The Labute approximate surface area is 173 Å². The highest BCUT2D eigenvalue weighted by Gasteiger charge is 2.11. The Bertz CT molecular complexity index is 1170. The third-order valence-electron chi connectivity index (χ3n) is 5.42. The molecular formula is C26H22O4. The minimum atomic E-state index is -0.870. The van der Waals surface area contributed by atoms with Crippen LogP contribution in [0.1, 0.15) is 25.7 Å². The molecule has 0 saturated carbocycles. The molecule has 0 bridgehead atoms. The van der Waals surface area contributed by atoms with Gasteiger partial charge >= 0.3 is 11.9 Å². The van der Waals surface area contributed by atoms with Gasteiger partial charge in [0.25, 0.3) is 0 Å². The van der Waals surface area contributed by atoms with Crippen LogP contribution in [0.3, 0.4) is 0 Å². The number of fused-ring (bicyclic) bond motifs is 2. The van der Waals surface area contributed by atoms with Gasteiger partial charge in [-0.1, -0.05) is 72.8 Å². The lowest BCUT2D eigenvalue weighted by Gasteiger charge is -2.13. The normalized spacial score (nSPS) is 11.1. The molecule has 0 aliphatic carbocycles. The molecule has 0 saturated heterocycles. The van der Waals surface area contributed by atoms with Gasteiger partial charge in [0, 0.05) is 12.8 Å². The van der Waals surface area contributed by atoms with Crippen LogP contribution in [0.4, 0.5) is 0 Å². The summed E-state index contributed by atoms with van der Waals surface area (Å²) in [4.78, 5) is 19.8. The summed E-state index contributed by atoms with van der Waals surface area (Å²) in [5.74, 6) is -1.74. The van der Waals surface area contributed by atoms with E-state index in [4.69, 9.17) is 10.2 Å². The fourth-order valence-electron chi connectivity index (χ4n) is 4.13. The Morgan fingerprint density at radius 1 is 0.533 bits per heavy atom. The molecule has 30 heavy (non-hydrogen) atoms. The fraction of sp³-hybridized carbons (Fsp3) is 0.154. The molecule has 0 aromatic heterocycles. The van der Waals surface area contributed by atoms with Crippen molar-refractivity contribution in [2.24, 2.45) is 0 Å². The first-order chi connectivity index (χ1) is 14.6. The van der Waals surface area contributed by atoms with E-state index < -0.39 is 11.9 Å². The molecule has 5 rings (SSSR count). The molecule has 0 aliphatic heterocycles. The zero-order valence-corrected chi connectivity index (χ0v) is 16.5. The van der Waals surface area contributed by atoms with E-state index >= 15 is 0 Å². The SMILES string of the molecule is O=C(O)CCCCC(=O)O.c1cc2cccc3c4cccc5cccc(c(c1)c23)c54. The molecule has 0 unspecified atom stereocenters. The Morgan fingerprint density at radius 2 is 0.833 bits per heavy atom. The standard InChI is InChI=1S/C20H12.C6H10O4/c1-5-13-6-2-11-17-18-12-4-8-14-7-3-10-16(20(14)18)15(9-1)19(13)17;7-5(8)3-1-2-4-6(9)10/h1-12H;1-4H2,(H,7,8)(H,9,10). The number of rotatable bonds is 5. The first-order valence-electron chi connectivity index (χ1n) is 10.0. The van der Waals surface area contributed by atoms with Crippen molar-refractivity contribution in [1.29, 1.82) is 0 Å². The van der Waals surface area contributed by atoms with Crippen molar-refractivity contribution >= 4 is 55.0 Å². The van der Waals surface area contributed by atoms with Crippen LogP contribution < -0.4 is 0 Å². The molecule has 2 N–H and O–H groups in total. The van der Waals surface area contributed by atoms with Crippen LogP contribution >= 0.6 is 0 Å². The minimum Gasteiger partial charge on any atom is -0.481 e. The zero-order chi connectivity index (χ0) is 21.1. The van der Waals surface area contributed by atoms with Gasteiger partial charge in [-0.3, -0.25) is 9.59 Å². The quantitative estimate of drug-likeness (QED) is 0.203. The topological polar surface area (TPSA) is 74.6 Å². The van der Waals surface area contributed by atoms with Crippen molar-refractivity contribution in [3.63, 3.8) is 0 Å². The van der Waals surface area contributed by atoms with E-state index in [9.17, 15) is 9.59 Å². The summed E-state index contributed by atoms with van der Waals surface area (Å²) in [6, 6.07) is 26.4. The van der Waals surface area contributed by atoms with Crippen molar-refractivity contribution < 1.29 is 19.8 Å².